The highest BCUT2D eigenvalue weighted by Crippen LogP contribution is 2.30. The van der Waals surface area contributed by atoms with Crippen LogP contribution in [-0.2, 0) is 15.0 Å². The van der Waals surface area contributed by atoms with Gasteiger partial charge in [0.25, 0.3) is 0 Å². The van der Waals surface area contributed by atoms with Crippen molar-refractivity contribution >= 4 is 23.2 Å². The maximum atomic E-state index is 12.6. The molecule has 2 heterocycles. The van der Waals surface area contributed by atoms with Crippen LogP contribution in [0.1, 0.15) is 39.5 Å². The van der Waals surface area contributed by atoms with E-state index in [1.54, 1.807) is 37.0 Å². The molecule has 1 aliphatic heterocycles. The largest absolute Gasteiger partial charge is 0.340 e. The van der Waals surface area contributed by atoms with Crippen molar-refractivity contribution in [1.29, 1.82) is 0 Å². The minimum absolute atomic E-state index is 0.0192. The van der Waals surface area contributed by atoms with Crippen molar-refractivity contribution in [3.05, 3.63) is 22.4 Å². The zero-order chi connectivity index (χ0) is 15.1. The summed E-state index contributed by atoms with van der Waals surface area (Å²) in [4.78, 5) is 27.5. The molecular formula is C15H22N2O2S. The molecule has 20 heavy (non-hydrogen) atoms. The lowest BCUT2D eigenvalue weighted by atomic mass is 9.88. The lowest BCUT2D eigenvalue weighted by Crippen LogP contribution is -2.68. The van der Waals surface area contributed by atoms with Gasteiger partial charge in [0.15, 0.2) is 0 Å². The molecular weight excluding hydrogens is 272 g/mol. The Morgan fingerprint density at radius 3 is 2.60 bits per heavy atom. The van der Waals surface area contributed by atoms with Crippen LogP contribution >= 0.6 is 11.3 Å². The summed E-state index contributed by atoms with van der Waals surface area (Å²) in [5, 5.41) is 4.82. The van der Waals surface area contributed by atoms with Crippen LogP contribution in [-0.4, -0.2) is 34.8 Å². The zero-order valence-corrected chi connectivity index (χ0v) is 13.5. The molecule has 0 aliphatic carbocycles. The molecule has 1 N–H and O–H groups in total. The summed E-state index contributed by atoms with van der Waals surface area (Å²) in [6.45, 7) is 10.1. The van der Waals surface area contributed by atoms with Crippen LogP contribution in [0.25, 0.3) is 0 Å². The number of piperazine rings is 1. The number of hydrogen-bond donors (Lipinski definition) is 1. The Bertz CT molecular complexity index is 520. The highest BCUT2D eigenvalue weighted by molar-refractivity contribution is 7.10. The number of thiophene rings is 1. The van der Waals surface area contributed by atoms with E-state index >= 15 is 0 Å². The monoisotopic (exact) mass is 294 g/mol. The van der Waals surface area contributed by atoms with Gasteiger partial charge in [0.2, 0.25) is 11.8 Å². The Balaban J connectivity index is 2.26. The SMILES string of the molecule is CC1C(=O)NC(C)(C)C(=O)N1CC(C)(C)c1cccs1. The van der Waals surface area contributed by atoms with Gasteiger partial charge in [-0.2, -0.15) is 0 Å². The predicted molar refractivity (Wildman–Crippen MR) is 80.7 cm³/mol. The molecule has 2 amide bonds. The standard InChI is InChI=1S/C15H22N2O2S/c1-10-12(18)16-15(4,5)13(19)17(10)9-14(2,3)11-7-6-8-20-11/h6-8,10H,9H2,1-5H3,(H,16,18). The second-order valence-electron chi connectivity index (χ2n) is 6.58. The second kappa shape index (κ2) is 4.88. The quantitative estimate of drug-likeness (QED) is 0.928. The van der Waals surface area contributed by atoms with E-state index in [2.05, 4.69) is 25.2 Å². The number of amides is 2. The van der Waals surface area contributed by atoms with Crippen molar-refractivity contribution < 1.29 is 9.59 Å². The molecule has 1 atom stereocenters. The summed E-state index contributed by atoms with van der Waals surface area (Å²) < 4.78 is 0. The number of hydrogen-bond acceptors (Lipinski definition) is 3. The molecule has 0 radical (unpaired) electrons. The lowest BCUT2D eigenvalue weighted by molar-refractivity contribution is -0.153. The first-order valence-electron chi connectivity index (χ1n) is 6.82. The molecule has 1 aromatic heterocycles. The van der Waals surface area contributed by atoms with Gasteiger partial charge in [0.05, 0.1) is 0 Å². The average molecular weight is 294 g/mol. The van der Waals surface area contributed by atoms with Crippen LogP contribution in [0, 0.1) is 0 Å². The van der Waals surface area contributed by atoms with Gasteiger partial charge in [-0.15, -0.1) is 11.3 Å². The Morgan fingerprint density at radius 1 is 1.40 bits per heavy atom. The van der Waals surface area contributed by atoms with Crippen molar-refractivity contribution in [2.75, 3.05) is 6.54 Å². The van der Waals surface area contributed by atoms with Gasteiger partial charge in [-0.25, -0.2) is 0 Å². The molecule has 110 valence electrons. The second-order valence-corrected chi connectivity index (χ2v) is 7.53. The van der Waals surface area contributed by atoms with E-state index < -0.39 is 11.6 Å². The van der Waals surface area contributed by atoms with Crippen LogP contribution in [0.4, 0.5) is 0 Å². The van der Waals surface area contributed by atoms with Gasteiger partial charge in [-0.1, -0.05) is 19.9 Å². The van der Waals surface area contributed by atoms with Crippen molar-refractivity contribution in [2.45, 2.75) is 51.6 Å². The first kappa shape index (κ1) is 15.0. The van der Waals surface area contributed by atoms with Gasteiger partial charge in [0.1, 0.15) is 11.6 Å². The molecule has 5 heteroatoms. The van der Waals surface area contributed by atoms with Gasteiger partial charge < -0.3 is 10.2 Å². The van der Waals surface area contributed by atoms with E-state index in [0.29, 0.717) is 6.54 Å². The topological polar surface area (TPSA) is 49.4 Å². The van der Waals surface area contributed by atoms with E-state index in [4.69, 9.17) is 0 Å². The molecule has 1 aromatic rings. The van der Waals surface area contributed by atoms with Gasteiger partial charge >= 0.3 is 0 Å². The van der Waals surface area contributed by atoms with Crippen LogP contribution in [0.5, 0.6) is 0 Å². The maximum Gasteiger partial charge on any atom is 0.248 e. The van der Waals surface area contributed by atoms with Crippen LogP contribution < -0.4 is 5.32 Å². The minimum Gasteiger partial charge on any atom is -0.340 e. The molecule has 2 rings (SSSR count). The third kappa shape index (κ3) is 2.59. The smallest absolute Gasteiger partial charge is 0.248 e. The Labute approximate surface area is 124 Å². The third-order valence-corrected chi connectivity index (χ3v) is 5.07. The van der Waals surface area contributed by atoms with Crippen molar-refractivity contribution in [1.82, 2.24) is 10.2 Å². The summed E-state index contributed by atoms with van der Waals surface area (Å²) in [7, 11) is 0. The van der Waals surface area contributed by atoms with Gasteiger partial charge in [-0.05, 0) is 32.2 Å². The molecule has 1 saturated heterocycles. The average Bonchev–Trinajstić information content (AvgIpc) is 2.86. The number of carbonyl (C=O) groups is 2. The van der Waals surface area contributed by atoms with E-state index in [1.165, 1.54) is 4.88 Å². The van der Waals surface area contributed by atoms with Crippen molar-refractivity contribution in [3.8, 4) is 0 Å². The molecule has 1 aliphatic rings. The molecule has 4 nitrogen and oxygen atoms in total. The third-order valence-electron chi connectivity index (χ3n) is 3.83. The van der Waals surface area contributed by atoms with E-state index in [0.717, 1.165) is 0 Å². The highest BCUT2D eigenvalue weighted by Gasteiger charge is 2.45. The molecule has 0 saturated carbocycles. The first-order valence-corrected chi connectivity index (χ1v) is 7.70. The van der Waals surface area contributed by atoms with Gasteiger partial charge in [0, 0.05) is 16.8 Å². The fourth-order valence-corrected chi connectivity index (χ4v) is 3.36. The van der Waals surface area contributed by atoms with Crippen molar-refractivity contribution in [3.63, 3.8) is 0 Å². The Kier molecular flexibility index (Phi) is 3.67. The van der Waals surface area contributed by atoms with Crippen LogP contribution in [0.2, 0.25) is 0 Å². The number of nitrogens with zero attached hydrogens (tertiary/aromatic N) is 1. The molecule has 1 fully saturated rings. The fourth-order valence-electron chi connectivity index (χ4n) is 2.52. The molecule has 0 spiro atoms. The Morgan fingerprint density at radius 2 is 2.05 bits per heavy atom. The van der Waals surface area contributed by atoms with Crippen LogP contribution in [0.15, 0.2) is 17.5 Å². The van der Waals surface area contributed by atoms with E-state index in [1.807, 2.05) is 11.4 Å². The molecule has 0 bridgehead atoms. The summed E-state index contributed by atoms with van der Waals surface area (Å²) in [6, 6.07) is 3.67. The number of carbonyl (C=O) groups excluding carboxylic acids is 2. The molecule has 0 aromatic carbocycles. The van der Waals surface area contributed by atoms with Gasteiger partial charge in [-0.3, -0.25) is 9.59 Å². The minimum atomic E-state index is -0.824. The summed E-state index contributed by atoms with van der Waals surface area (Å²) in [6.07, 6.45) is 0. The van der Waals surface area contributed by atoms with E-state index in [9.17, 15) is 9.59 Å². The zero-order valence-electron chi connectivity index (χ0n) is 12.7. The van der Waals surface area contributed by atoms with E-state index in [-0.39, 0.29) is 17.2 Å². The first-order chi connectivity index (χ1) is 9.15. The number of nitrogens with one attached hydrogen (secondary N) is 1. The summed E-state index contributed by atoms with van der Waals surface area (Å²) in [5.74, 6) is -0.106. The summed E-state index contributed by atoms with van der Waals surface area (Å²) >= 11 is 1.68. The van der Waals surface area contributed by atoms with Crippen LogP contribution in [0.3, 0.4) is 0 Å². The summed E-state index contributed by atoms with van der Waals surface area (Å²) in [5.41, 5.74) is -0.985. The normalized spacial score (nSPS) is 22.9. The number of rotatable bonds is 3. The lowest BCUT2D eigenvalue weighted by Gasteiger charge is -2.44. The maximum absolute atomic E-state index is 12.6. The highest BCUT2D eigenvalue weighted by atomic mass is 32.1. The predicted octanol–water partition coefficient (Wildman–Crippen LogP) is 2.15. The fraction of sp³-hybridized carbons (Fsp3) is 0.600. The molecule has 1 unspecified atom stereocenters. The van der Waals surface area contributed by atoms with Crippen molar-refractivity contribution in [2.24, 2.45) is 0 Å². The Hall–Kier alpha value is -1.36.